The standard InChI is InChI=1S/C31H46ClN9OSi/c1-20-7-6-8-28(25-13-21(11-12-33-25)31-26(34-16-20)17-36-39(31)2)40-19-35-24(15-30(40)42)23-14-22(32)9-10-27(23)41-18-29(37-38-41)43(3,4)5/h9-10,14-15,18-21,25-26,28,31,33-34,36H,6-8,11-13,16-17H2,1-5H3/t20-,21?,25?,26?,28+,31?/m1/s1. The number of likely N-dealkylation sites (N-methyl/N-ethyl adjacent to an activating group) is 1. The van der Waals surface area contributed by atoms with E-state index >= 15 is 0 Å². The molecule has 232 valence electrons. The third kappa shape index (κ3) is 6.52. The largest absolute Gasteiger partial charge is 0.312 e. The molecular formula is C31H46ClN9OSi. The van der Waals surface area contributed by atoms with Crippen molar-refractivity contribution in [2.75, 3.05) is 26.7 Å². The average Bonchev–Trinajstić information content (AvgIpc) is 3.61. The van der Waals surface area contributed by atoms with E-state index in [1.807, 2.05) is 29.0 Å². The fourth-order valence-electron chi connectivity index (χ4n) is 7.27. The maximum absolute atomic E-state index is 13.9. The highest BCUT2D eigenvalue weighted by Gasteiger charge is 2.41. The Hall–Kier alpha value is -2.41. The Morgan fingerprint density at radius 2 is 1.88 bits per heavy atom. The van der Waals surface area contributed by atoms with E-state index in [0.717, 1.165) is 68.3 Å². The van der Waals surface area contributed by atoms with Gasteiger partial charge in [0.2, 0.25) is 0 Å². The zero-order valence-electron chi connectivity index (χ0n) is 26.1. The zero-order valence-corrected chi connectivity index (χ0v) is 27.8. The molecule has 12 heteroatoms. The van der Waals surface area contributed by atoms with Gasteiger partial charge in [-0.25, -0.2) is 14.7 Å². The monoisotopic (exact) mass is 623 g/mol. The van der Waals surface area contributed by atoms with Crippen LogP contribution in [0, 0.1) is 11.8 Å². The van der Waals surface area contributed by atoms with Crippen LogP contribution < -0.4 is 26.9 Å². The number of nitrogens with zero attached hydrogens (tertiary/aromatic N) is 6. The summed E-state index contributed by atoms with van der Waals surface area (Å²) in [6, 6.07) is 8.42. The Morgan fingerprint density at radius 3 is 2.65 bits per heavy atom. The molecule has 3 N–H and O–H groups in total. The molecule has 3 aromatic rings. The quantitative estimate of drug-likeness (QED) is 0.381. The predicted molar refractivity (Wildman–Crippen MR) is 175 cm³/mol. The smallest absolute Gasteiger partial charge is 0.254 e. The number of hydrogen-bond donors (Lipinski definition) is 3. The van der Waals surface area contributed by atoms with E-state index in [1.165, 1.54) is 0 Å². The lowest BCUT2D eigenvalue weighted by atomic mass is 9.80. The molecular weight excluding hydrogens is 578 g/mol. The SMILES string of the molecule is C[C@@H]1CCC[C@H](n2cnc(-c3cc(Cl)ccc3-n3cc([Si](C)(C)C)nn3)cc2=O)C2CC(CCN2)C2C(CNN2C)NC1. The minimum atomic E-state index is -1.64. The van der Waals surface area contributed by atoms with Gasteiger partial charge in [-0.15, -0.1) is 5.10 Å². The van der Waals surface area contributed by atoms with Crippen LogP contribution >= 0.6 is 11.6 Å². The highest BCUT2D eigenvalue weighted by atomic mass is 35.5. The molecule has 43 heavy (non-hydrogen) atoms. The first kappa shape index (κ1) is 30.6. The van der Waals surface area contributed by atoms with Gasteiger partial charge in [0.1, 0.15) is 8.07 Å². The van der Waals surface area contributed by atoms with E-state index in [0.29, 0.717) is 34.6 Å². The summed E-state index contributed by atoms with van der Waals surface area (Å²) >= 11 is 6.46. The lowest BCUT2D eigenvalue weighted by Crippen LogP contribution is -2.54. The normalized spacial score (nSPS) is 29.1. The van der Waals surface area contributed by atoms with Gasteiger partial charge in [0.05, 0.1) is 29.1 Å². The minimum absolute atomic E-state index is 0.0365. The molecule has 10 nitrogen and oxygen atoms in total. The van der Waals surface area contributed by atoms with Crippen molar-refractivity contribution >= 4 is 25.0 Å². The predicted octanol–water partition coefficient (Wildman–Crippen LogP) is 3.20. The second-order valence-corrected chi connectivity index (χ2v) is 19.4. The maximum atomic E-state index is 13.9. The van der Waals surface area contributed by atoms with Crippen LogP contribution in [0.1, 0.15) is 45.1 Å². The van der Waals surface area contributed by atoms with Gasteiger partial charge in [0, 0.05) is 54.6 Å². The van der Waals surface area contributed by atoms with Crippen molar-refractivity contribution in [3.63, 3.8) is 0 Å². The number of piperidine rings is 1. The van der Waals surface area contributed by atoms with Crippen molar-refractivity contribution in [3.05, 3.63) is 52.2 Å². The van der Waals surface area contributed by atoms with Gasteiger partial charge in [0.15, 0.2) is 0 Å². The van der Waals surface area contributed by atoms with Gasteiger partial charge in [0.25, 0.3) is 5.56 Å². The summed E-state index contributed by atoms with van der Waals surface area (Å²) in [5.74, 6) is 1.12. The molecule has 2 bridgehead atoms. The summed E-state index contributed by atoms with van der Waals surface area (Å²) in [4.78, 5) is 18.8. The van der Waals surface area contributed by atoms with Crippen LogP contribution in [-0.2, 0) is 0 Å². The van der Waals surface area contributed by atoms with Crippen LogP contribution in [0.25, 0.3) is 16.9 Å². The van der Waals surface area contributed by atoms with E-state index in [2.05, 4.69) is 65.0 Å². The van der Waals surface area contributed by atoms with Crippen molar-refractivity contribution in [1.29, 1.82) is 0 Å². The van der Waals surface area contributed by atoms with Gasteiger partial charge in [-0.1, -0.05) is 49.8 Å². The molecule has 0 radical (unpaired) electrons. The van der Waals surface area contributed by atoms with Crippen LogP contribution in [0.15, 0.2) is 41.6 Å². The number of rotatable bonds is 4. The van der Waals surface area contributed by atoms with Crippen molar-refractivity contribution in [3.8, 4) is 16.9 Å². The summed E-state index contributed by atoms with van der Waals surface area (Å²) < 4.78 is 3.67. The second kappa shape index (κ2) is 12.5. The molecule has 3 aliphatic heterocycles. The maximum Gasteiger partial charge on any atom is 0.254 e. The van der Waals surface area contributed by atoms with Crippen LogP contribution in [-0.4, -0.2) is 82.4 Å². The zero-order chi connectivity index (χ0) is 30.3. The van der Waals surface area contributed by atoms with E-state index < -0.39 is 8.07 Å². The highest BCUT2D eigenvalue weighted by Crippen LogP contribution is 2.34. The molecule has 1 aromatic carbocycles. The summed E-state index contributed by atoms with van der Waals surface area (Å²) in [6.07, 6.45) is 9.07. The molecule has 0 amide bonds. The summed E-state index contributed by atoms with van der Waals surface area (Å²) in [5, 5.41) is 20.5. The molecule has 2 aromatic heterocycles. The third-order valence-corrected chi connectivity index (χ3v) is 11.7. The molecule has 3 saturated heterocycles. The Balaban J connectivity index is 1.33. The number of fused-ring (bicyclic) bond motifs is 4. The first-order valence-corrected chi connectivity index (χ1v) is 19.7. The Labute approximate surface area is 260 Å². The lowest BCUT2D eigenvalue weighted by molar-refractivity contribution is 0.108. The first-order chi connectivity index (χ1) is 20.6. The second-order valence-electron chi connectivity index (χ2n) is 13.9. The highest BCUT2D eigenvalue weighted by molar-refractivity contribution is 6.88. The topological polar surface area (TPSA) is 105 Å². The lowest BCUT2D eigenvalue weighted by Gasteiger charge is -2.42. The average molecular weight is 624 g/mol. The summed E-state index contributed by atoms with van der Waals surface area (Å²) in [5.41, 5.74) is 5.70. The Kier molecular flexibility index (Phi) is 8.92. The molecule has 6 atom stereocenters. The van der Waals surface area contributed by atoms with Gasteiger partial charge >= 0.3 is 0 Å². The van der Waals surface area contributed by atoms with E-state index in [4.69, 9.17) is 16.6 Å². The van der Waals surface area contributed by atoms with Crippen molar-refractivity contribution in [1.82, 2.24) is 45.6 Å². The number of halogens is 1. The number of hydrogen-bond acceptors (Lipinski definition) is 8. The van der Waals surface area contributed by atoms with Gasteiger partial charge in [-0.3, -0.25) is 14.8 Å². The molecule has 0 aliphatic carbocycles. The van der Waals surface area contributed by atoms with Gasteiger partial charge in [-0.05, 0) is 68.8 Å². The summed E-state index contributed by atoms with van der Waals surface area (Å²) in [7, 11) is 0.539. The number of aromatic nitrogens is 5. The molecule has 3 fully saturated rings. The fourth-order valence-corrected chi connectivity index (χ4v) is 8.30. The fraction of sp³-hybridized carbons (Fsp3) is 0.613. The van der Waals surface area contributed by atoms with E-state index in [1.54, 1.807) is 17.1 Å². The number of hydrazine groups is 1. The van der Waals surface area contributed by atoms with E-state index in [-0.39, 0.29) is 17.6 Å². The Bertz CT molecular complexity index is 1490. The molecule has 5 heterocycles. The van der Waals surface area contributed by atoms with Crippen molar-refractivity contribution in [2.24, 2.45) is 11.8 Å². The molecule has 4 unspecified atom stereocenters. The number of benzene rings is 1. The third-order valence-electron chi connectivity index (χ3n) is 9.71. The minimum Gasteiger partial charge on any atom is -0.312 e. The van der Waals surface area contributed by atoms with Gasteiger partial charge in [-0.2, -0.15) is 0 Å². The van der Waals surface area contributed by atoms with Crippen molar-refractivity contribution in [2.45, 2.75) is 82.8 Å². The Morgan fingerprint density at radius 1 is 1.05 bits per heavy atom. The first-order valence-electron chi connectivity index (χ1n) is 15.8. The molecule has 0 saturated carbocycles. The molecule has 3 aliphatic rings. The molecule has 0 spiro atoms. The van der Waals surface area contributed by atoms with Crippen LogP contribution in [0.4, 0.5) is 0 Å². The van der Waals surface area contributed by atoms with Crippen LogP contribution in [0.3, 0.4) is 0 Å². The van der Waals surface area contributed by atoms with Crippen molar-refractivity contribution < 1.29 is 0 Å². The summed E-state index contributed by atoms with van der Waals surface area (Å²) in [6.45, 7) is 12.0. The number of nitrogens with one attached hydrogen (secondary N) is 3. The van der Waals surface area contributed by atoms with Crippen LogP contribution in [0.2, 0.25) is 24.7 Å². The van der Waals surface area contributed by atoms with Crippen LogP contribution in [0.5, 0.6) is 0 Å². The van der Waals surface area contributed by atoms with Gasteiger partial charge < -0.3 is 10.6 Å². The van der Waals surface area contributed by atoms with E-state index in [9.17, 15) is 4.79 Å². The molecule has 6 rings (SSSR count).